The van der Waals surface area contributed by atoms with Crippen LogP contribution in [-0.2, 0) is 4.74 Å². The van der Waals surface area contributed by atoms with Crippen molar-refractivity contribution in [3.8, 4) is 0 Å². The third kappa shape index (κ3) is 3.24. The van der Waals surface area contributed by atoms with Crippen molar-refractivity contribution in [2.45, 2.75) is 0 Å². The van der Waals surface area contributed by atoms with Crippen LogP contribution in [-0.4, -0.2) is 20.3 Å². The Balaban J connectivity index is 2.59. The molecule has 13 heavy (non-hydrogen) atoms. The second-order valence-electron chi connectivity index (χ2n) is 2.65. The highest BCUT2D eigenvalue weighted by molar-refractivity contribution is 9.10. The summed E-state index contributed by atoms with van der Waals surface area (Å²) in [5, 5.41) is 3.17. The molecule has 1 rings (SSSR count). The Morgan fingerprint density at radius 2 is 2.31 bits per heavy atom. The van der Waals surface area contributed by atoms with Crippen LogP contribution in [0, 0.1) is 0 Å². The molecule has 0 aliphatic heterocycles. The summed E-state index contributed by atoms with van der Waals surface area (Å²) < 4.78 is 5.93. The van der Waals surface area contributed by atoms with Crippen LogP contribution in [0.25, 0.3) is 0 Å². The number of rotatable bonds is 4. The van der Waals surface area contributed by atoms with Crippen LogP contribution in [0.3, 0.4) is 0 Å². The molecular formula is C9H13BrN2O. The number of ether oxygens (including phenoxy) is 1. The summed E-state index contributed by atoms with van der Waals surface area (Å²) in [6.07, 6.45) is 0. The van der Waals surface area contributed by atoms with E-state index in [1.165, 1.54) is 0 Å². The van der Waals surface area contributed by atoms with Gasteiger partial charge in [0.25, 0.3) is 0 Å². The summed E-state index contributed by atoms with van der Waals surface area (Å²) in [5.74, 6) is 0. The molecule has 0 aliphatic rings. The van der Waals surface area contributed by atoms with Crippen molar-refractivity contribution in [1.82, 2.24) is 0 Å². The highest BCUT2D eigenvalue weighted by Crippen LogP contribution is 2.22. The third-order valence-corrected chi connectivity index (χ3v) is 2.13. The van der Waals surface area contributed by atoms with Crippen LogP contribution in [0.2, 0.25) is 0 Å². The van der Waals surface area contributed by atoms with E-state index in [2.05, 4.69) is 21.2 Å². The van der Waals surface area contributed by atoms with Gasteiger partial charge in [-0.05, 0) is 18.2 Å². The number of halogens is 1. The van der Waals surface area contributed by atoms with E-state index in [4.69, 9.17) is 10.5 Å². The van der Waals surface area contributed by atoms with Crippen molar-refractivity contribution in [3.63, 3.8) is 0 Å². The van der Waals surface area contributed by atoms with Gasteiger partial charge in [0.2, 0.25) is 0 Å². The lowest BCUT2D eigenvalue weighted by Crippen LogP contribution is -2.09. The minimum atomic E-state index is 0.673. The van der Waals surface area contributed by atoms with E-state index in [1.54, 1.807) is 7.11 Å². The SMILES string of the molecule is COCCNc1cc(Br)ccc1N. The molecular weight excluding hydrogens is 232 g/mol. The fourth-order valence-corrected chi connectivity index (χ4v) is 1.33. The third-order valence-electron chi connectivity index (χ3n) is 1.64. The molecule has 72 valence electrons. The average Bonchev–Trinajstić information content (AvgIpc) is 2.11. The van der Waals surface area contributed by atoms with E-state index in [0.29, 0.717) is 6.61 Å². The van der Waals surface area contributed by atoms with E-state index in [-0.39, 0.29) is 0 Å². The second-order valence-corrected chi connectivity index (χ2v) is 3.57. The number of nitrogens with two attached hydrogens (primary N) is 1. The second kappa shape index (κ2) is 5.09. The molecule has 0 saturated carbocycles. The van der Waals surface area contributed by atoms with Gasteiger partial charge in [-0.1, -0.05) is 15.9 Å². The smallest absolute Gasteiger partial charge is 0.0635 e. The van der Waals surface area contributed by atoms with Crippen molar-refractivity contribution in [1.29, 1.82) is 0 Å². The molecule has 0 spiro atoms. The number of hydrogen-bond acceptors (Lipinski definition) is 3. The van der Waals surface area contributed by atoms with Crippen molar-refractivity contribution in [3.05, 3.63) is 22.7 Å². The minimum Gasteiger partial charge on any atom is -0.397 e. The standard InChI is InChI=1S/C9H13BrN2O/c1-13-5-4-12-9-6-7(10)2-3-8(9)11/h2-3,6,12H,4-5,11H2,1H3. The lowest BCUT2D eigenvalue weighted by atomic mass is 10.3. The van der Waals surface area contributed by atoms with Crippen LogP contribution in [0.5, 0.6) is 0 Å². The van der Waals surface area contributed by atoms with E-state index in [1.807, 2.05) is 18.2 Å². The monoisotopic (exact) mass is 244 g/mol. The molecule has 0 aromatic heterocycles. The van der Waals surface area contributed by atoms with Crippen LogP contribution < -0.4 is 11.1 Å². The Bertz CT molecular complexity index is 278. The van der Waals surface area contributed by atoms with Crippen LogP contribution in [0.1, 0.15) is 0 Å². The molecule has 0 unspecified atom stereocenters. The van der Waals surface area contributed by atoms with Gasteiger partial charge in [0.15, 0.2) is 0 Å². The first-order valence-corrected chi connectivity index (χ1v) is 4.81. The Kier molecular flexibility index (Phi) is 4.05. The molecule has 0 saturated heterocycles. The summed E-state index contributed by atoms with van der Waals surface area (Å²) in [6, 6.07) is 5.72. The molecule has 4 heteroatoms. The molecule has 0 fully saturated rings. The van der Waals surface area contributed by atoms with Gasteiger partial charge in [-0.25, -0.2) is 0 Å². The molecule has 3 nitrogen and oxygen atoms in total. The number of benzene rings is 1. The van der Waals surface area contributed by atoms with Gasteiger partial charge in [0.05, 0.1) is 18.0 Å². The maximum Gasteiger partial charge on any atom is 0.0635 e. The van der Waals surface area contributed by atoms with Crippen LogP contribution in [0.4, 0.5) is 11.4 Å². The maximum absolute atomic E-state index is 5.75. The molecule has 0 aliphatic carbocycles. The summed E-state index contributed by atoms with van der Waals surface area (Å²) in [5.41, 5.74) is 7.43. The average molecular weight is 245 g/mol. The Labute approximate surface area is 86.4 Å². The molecule has 0 radical (unpaired) electrons. The zero-order chi connectivity index (χ0) is 9.68. The number of anilines is 2. The molecule has 3 N–H and O–H groups in total. The van der Waals surface area contributed by atoms with Gasteiger partial charge < -0.3 is 15.8 Å². The normalized spacial score (nSPS) is 10.0. The first kappa shape index (κ1) is 10.3. The fraction of sp³-hybridized carbons (Fsp3) is 0.333. The van der Waals surface area contributed by atoms with E-state index < -0.39 is 0 Å². The first-order valence-electron chi connectivity index (χ1n) is 4.02. The summed E-state index contributed by atoms with van der Waals surface area (Å²) in [7, 11) is 1.67. The van der Waals surface area contributed by atoms with Gasteiger partial charge in [0.1, 0.15) is 0 Å². The molecule has 0 atom stereocenters. The van der Waals surface area contributed by atoms with E-state index in [9.17, 15) is 0 Å². The minimum absolute atomic E-state index is 0.673. The molecule has 0 bridgehead atoms. The zero-order valence-electron chi connectivity index (χ0n) is 7.51. The maximum atomic E-state index is 5.75. The molecule has 1 aromatic rings. The Morgan fingerprint density at radius 1 is 1.54 bits per heavy atom. The first-order chi connectivity index (χ1) is 6.24. The fourth-order valence-electron chi connectivity index (χ4n) is 0.969. The lowest BCUT2D eigenvalue weighted by Gasteiger charge is -2.08. The van der Waals surface area contributed by atoms with Crippen molar-refractivity contribution >= 4 is 27.3 Å². The van der Waals surface area contributed by atoms with Crippen LogP contribution >= 0.6 is 15.9 Å². The van der Waals surface area contributed by atoms with Gasteiger partial charge in [0, 0.05) is 18.1 Å². The topological polar surface area (TPSA) is 47.3 Å². The molecule has 0 heterocycles. The van der Waals surface area contributed by atoms with Gasteiger partial charge in [-0.2, -0.15) is 0 Å². The number of nitrogens with one attached hydrogen (secondary N) is 1. The number of hydrogen-bond donors (Lipinski definition) is 2. The van der Waals surface area contributed by atoms with Crippen molar-refractivity contribution < 1.29 is 4.74 Å². The summed E-state index contributed by atoms with van der Waals surface area (Å²) in [4.78, 5) is 0. The highest BCUT2D eigenvalue weighted by Gasteiger charge is 1.97. The largest absolute Gasteiger partial charge is 0.397 e. The van der Waals surface area contributed by atoms with E-state index in [0.717, 1.165) is 22.4 Å². The van der Waals surface area contributed by atoms with Gasteiger partial charge in [-0.15, -0.1) is 0 Å². The van der Waals surface area contributed by atoms with E-state index >= 15 is 0 Å². The number of methoxy groups -OCH3 is 1. The van der Waals surface area contributed by atoms with Gasteiger partial charge >= 0.3 is 0 Å². The van der Waals surface area contributed by atoms with Crippen LogP contribution in [0.15, 0.2) is 22.7 Å². The summed E-state index contributed by atoms with van der Waals surface area (Å²) in [6.45, 7) is 1.43. The zero-order valence-corrected chi connectivity index (χ0v) is 9.10. The Morgan fingerprint density at radius 3 is 3.00 bits per heavy atom. The highest BCUT2D eigenvalue weighted by atomic mass is 79.9. The number of nitrogen functional groups attached to an aromatic ring is 1. The predicted molar refractivity (Wildman–Crippen MR) is 58.9 cm³/mol. The molecule has 0 amide bonds. The van der Waals surface area contributed by atoms with Crippen molar-refractivity contribution in [2.75, 3.05) is 31.3 Å². The van der Waals surface area contributed by atoms with Crippen molar-refractivity contribution in [2.24, 2.45) is 0 Å². The lowest BCUT2D eigenvalue weighted by molar-refractivity contribution is 0.211. The summed E-state index contributed by atoms with van der Waals surface area (Å²) >= 11 is 3.38. The predicted octanol–water partition coefficient (Wildman–Crippen LogP) is 2.09. The van der Waals surface area contributed by atoms with Gasteiger partial charge in [-0.3, -0.25) is 0 Å². The quantitative estimate of drug-likeness (QED) is 0.630. The molecule has 1 aromatic carbocycles. The Hall–Kier alpha value is -0.740.